The summed E-state index contributed by atoms with van der Waals surface area (Å²) < 4.78 is 0. The molecule has 0 nitrogen and oxygen atoms in total. The highest BCUT2D eigenvalue weighted by molar-refractivity contribution is 5.48. The molecule has 0 N–H and O–H groups in total. The van der Waals surface area contributed by atoms with E-state index in [2.05, 4.69) is 67.6 Å². The van der Waals surface area contributed by atoms with E-state index in [1.54, 1.807) is 0 Å². The fourth-order valence-electron chi connectivity index (χ4n) is 1.90. The van der Waals surface area contributed by atoms with E-state index in [9.17, 15) is 0 Å². The summed E-state index contributed by atoms with van der Waals surface area (Å²) in [4.78, 5) is 0. The Morgan fingerprint density at radius 3 is 2.53 bits per heavy atom. The molecule has 0 saturated heterocycles. The Morgan fingerprint density at radius 1 is 0.941 bits per heavy atom. The fourth-order valence-corrected chi connectivity index (χ4v) is 1.90. The first-order chi connectivity index (χ1) is 8.34. The molecule has 0 radical (unpaired) electrons. The van der Waals surface area contributed by atoms with Crippen LogP contribution in [0.15, 0.2) is 60.7 Å². The number of hydrogen-bond donors (Lipinski definition) is 0. The van der Waals surface area contributed by atoms with E-state index in [0.717, 1.165) is 12.8 Å². The molecule has 2 aromatic rings. The second kappa shape index (κ2) is 6.05. The SMILES string of the molecule is Cc1cccc(CC/C=C/c2ccccc2)c1. The molecule has 86 valence electrons. The molecule has 0 aromatic heterocycles. The lowest BCUT2D eigenvalue weighted by Crippen LogP contribution is -1.83. The minimum absolute atomic E-state index is 1.10. The van der Waals surface area contributed by atoms with Crippen LogP contribution in [-0.2, 0) is 6.42 Å². The van der Waals surface area contributed by atoms with E-state index >= 15 is 0 Å². The molecule has 0 saturated carbocycles. The predicted octanol–water partition coefficient (Wildman–Crippen LogP) is 4.64. The van der Waals surface area contributed by atoms with E-state index in [4.69, 9.17) is 0 Å². The molecular weight excluding hydrogens is 204 g/mol. The lowest BCUT2D eigenvalue weighted by atomic mass is 10.1. The van der Waals surface area contributed by atoms with Gasteiger partial charge in [0.15, 0.2) is 0 Å². The van der Waals surface area contributed by atoms with Gasteiger partial charge >= 0.3 is 0 Å². The Morgan fingerprint density at radius 2 is 1.76 bits per heavy atom. The summed E-state index contributed by atoms with van der Waals surface area (Å²) in [6.45, 7) is 2.14. The molecule has 0 bridgehead atoms. The second-order valence-electron chi connectivity index (χ2n) is 4.34. The molecule has 0 heterocycles. The maximum Gasteiger partial charge on any atom is -0.0244 e. The van der Waals surface area contributed by atoms with Crippen molar-refractivity contribution in [2.45, 2.75) is 19.8 Å². The first kappa shape index (κ1) is 11.7. The minimum Gasteiger partial charge on any atom is -0.0836 e. The zero-order valence-corrected chi connectivity index (χ0v) is 10.3. The molecule has 0 aliphatic heterocycles. The van der Waals surface area contributed by atoms with Crippen LogP contribution in [0.25, 0.3) is 6.08 Å². The molecule has 0 atom stereocenters. The van der Waals surface area contributed by atoms with Crippen LogP contribution in [0.1, 0.15) is 23.1 Å². The van der Waals surface area contributed by atoms with Crippen LogP contribution in [0.5, 0.6) is 0 Å². The first-order valence-electron chi connectivity index (χ1n) is 6.12. The lowest BCUT2D eigenvalue weighted by molar-refractivity contribution is 1.00. The van der Waals surface area contributed by atoms with Crippen molar-refractivity contribution in [3.05, 3.63) is 77.4 Å². The van der Waals surface area contributed by atoms with Gasteiger partial charge in [-0.05, 0) is 30.9 Å². The molecule has 2 rings (SSSR count). The quantitative estimate of drug-likeness (QED) is 0.707. The maximum atomic E-state index is 2.26. The van der Waals surface area contributed by atoms with E-state index in [0.29, 0.717) is 0 Å². The molecular formula is C17H18. The molecule has 0 spiro atoms. The average molecular weight is 222 g/mol. The molecule has 0 unspecified atom stereocenters. The third-order valence-electron chi connectivity index (χ3n) is 2.79. The van der Waals surface area contributed by atoms with Crippen LogP contribution in [0.2, 0.25) is 0 Å². The number of benzene rings is 2. The van der Waals surface area contributed by atoms with Gasteiger partial charge in [0.25, 0.3) is 0 Å². The van der Waals surface area contributed by atoms with E-state index in [1.807, 2.05) is 6.07 Å². The van der Waals surface area contributed by atoms with E-state index in [-0.39, 0.29) is 0 Å². The van der Waals surface area contributed by atoms with Crippen molar-refractivity contribution in [1.29, 1.82) is 0 Å². The van der Waals surface area contributed by atoms with Crippen LogP contribution < -0.4 is 0 Å². The summed E-state index contributed by atoms with van der Waals surface area (Å²) in [6.07, 6.45) is 6.65. The van der Waals surface area contributed by atoms with Crippen molar-refractivity contribution in [1.82, 2.24) is 0 Å². The second-order valence-corrected chi connectivity index (χ2v) is 4.34. The van der Waals surface area contributed by atoms with Crippen molar-refractivity contribution < 1.29 is 0 Å². The average Bonchev–Trinajstić information content (AvgIpc) is 2.36. The summed E-state index contributed by atoms with van der Waals surface area (Å²) in [6, 6.07) is 19.2. The first-order valence-corrected chi connectivity index (χ1v) is 6.12. The van der Waals surface area contributed by atoms with E-state index in [1.165, 1.54) is 16.7 Å². The highest BCUT2D eigenvalue weighted by Gasteiger charge is 1.91. The van der Waals surface area contributed by atoms with Crippen LogP contribution in [0, 0.1) is 6.92 Å². The zero-order chi connectivity index (χ0) is 11.9. The fraction of sp³-hybridized carbons (Fsp3) is 0.176. The zero-order valence-electron chi connectivity index (χ0n) is 10.3. The molecule has 0 fully saturated rings. The standard InChI is InChI=1S/C17H18/c1-15-8-7-13-17(14-15)12-6-5-11-16-9-3-2-4-10-16/h2-5,7-11,13-14H,6,12H2,1H3/b11-5+. The van der Waals surface area contributed by atoms with Gasteiger partial charge in [0.2, 0.25) is 0 Å². The smallest absolute Gasteiger partial charge is 0.0244 e. The van der Waals surface area contributed by atoms with Crippen molar-refractivity contribution in [2.75, 3.05) is 0 Å². The van der Waals surface area contributed by atoms with Crippen LogP contribution in [-0.4, -0.2) is 0 Å². The molecule has 0 aliphatic carbocycles. The van der Waals surface area contributed by atoms with Crippen molar-refractivity contribution in [3.8, 4) is 0 Å². The Hall–Kier alpha value is -1.82. The highest BCUT2D eigenvalue weighted by atomic mass is 14.0. The largest absolute Gasteiger partial charge is 0.0836 e. The Bertz CT molecular complexity index is 480. The van der Waals surface area contributed by atoms with Gasteiger partial charge in [-0.15, -0.1) is 0 Å². The maximum absolute atomic E-state index is 2.26. The molecule has 0 amide bonds. The topological polar surface area (TPSA) is 0 Å². The van der Waals surface area contributed by atoms with Crippen LogP contribution >= 0.6 is 0 Å². The number of aryl methyl sites for hydroxylation is 2. The monoisotopic (exact) mass is 222 g/mol. The van der Waals surface area contributed by atoms with Gasteiger partial charge in [0, 0.05) is 0 Å². The Balaban J connectivity index is 1.86. The highest BCUT2D eigenvalue weighted by Crippen LogP contribution is 2.08. The lowest BCUT2D eigenvalue weighted by Gasteiger charge is -1.99. The number of rotatable bonds is 4. The van der Waals surface area contributed by atoms with Crippen molar-refractivity contribution in [2.24, 2.45) is 0 Å². The van der Waals surface area contributed by atoms with Crippen molar-refractivity contribution in [3.63, 3.8) is 0 Å². The Labute approximate surface area is 104 Å². The number of allylic oxidation sites excluding steroid dienone is 1. The summed E-state index contributed by atoms with van der Waals surface area (Å²) in [5.74, 6) is 0. The number of hydrogen-bond acceptors (Lipinski definition) is 0. The van der Waals surface area contributed by atoms with Gasteiger partial charge in [-0.1, -0.05) is 72.3 Å². The molecule has 17 heavy (non-hydrogen) atoms. The van der Waals surface area contributed by atoms with Gasteiger partial charge in [0.1, 0.15) is 0 Å². The predicted molar refractivity (Wildman–Crippen MR) is 75.0 cm³/mol. The van der Waals surface area contributed by atoms with Gasteiger partial charge in [-0.3, -0.25) is 0 Å². The van der Waals surface area contributed by atoms with Crippen LogP contribution in [0.4, 0.5) is 0 Å². The van der Waals surface area contributed by atoms with Crippen LogP contribution in [0.3, 0.4) is 0 Å². The van der Waals surface area contributed by atoms with Gasteiger partial charge in [-0.25, -0.2) is 0 Å². The third-order valence-corrected chi connectivity index (χ3v) is 2.79. The Kier molecular flexibility index (Phi) is 4.15. The van der Waals surface area contributed by atoms with E-state index < -0.39 is 0 Å². The summed E-state index contributed by atoms with van der Waals surface area (Å²) in [7, 11) is 0. The minimum atomic E-state index is 1.10. The summed E-state index contributed by atoms with van der Waals surface area (Å²) in [5.41, 5.74) is 4.04. The normalized spacial score (nSPS) is 10.9. The van der Waals surface area contributed by atoms with Gasteiger partial charge in [0.05, 0.1) is 0 Å². The molecule has 2 aromatic carbocycles. The van der Waals surface area contributed by atoms with Gasteiger partial charge < -0.3 is 0 Å². The third kappa shape index (κ3) is 3.92. The molecule has 0 heteroatoms. The van der Waals surface area contributed by atoms with Gasteiger partial charge in [-0.2, -0.15) is 0 Å². The van der Waals surface area contributed by atoms with Crippen molar-refractivity contribution >= 4 is 6.08 Å². The molecule has 0 aliphatic rings. The summed E-state index contributed by atoms with van der Waals surface area (Å²) >= 11 is 0. The summed E-state index contributed by atoms with van der Waals surface area (Å²) in [5, 5.41) is 0.